The Morgan fingerprint density at radius 2 is 1.88 bits per heavy atom. The number of para-hydroxylation sites is 1. The van der Waals surface area contributed by atoms with Crippen LogP contribution in [0, 0.1) is 0 Å². The zero-order valence-corrected chi connectivity index (χ0v) is 14.2. The lowest BCUT2D eigenvalue weighted by Crippen LogP contribution is -2.13. The number of carbonyl (C=O) groups is 1. The Morgan fingerprint density at radius 3 is 2.56 bits per heavy atom. The number of amides is 1. The summed E-state index contributed by atoms with van der Waals surface area (Å²) in [6.07, 6.45) is 1.44. The van der Waals surface area contributed by atoms with Crippen LogP contribution in [0.2, 0.25) is 5.02 Å². The van der Waals surface area contributed by atoms with E-state index in [2.05, 4.69) is 10.3 Å². The average molecular weight is 355 g/mol. The third-order valence-corrected chi connectivity index (χ3v) is 3.60. The fraction of sp³-hybridized carbons (Fsp3) is 0.0526. The van der Waals surface area contributed by atoms with Gasteiger partial charge >= 0.3 is 0 Å². The van der Waals surface area contributed by atoms with Crippen molar-refractivity contribution in [3.63, 3.8) is 0 Å². The Balaban J connectivity index is 1.83. The largest absolute Gasteiger partial charge is 0.481 e. The van der Waals surface area contributed by atoms with E-state index in [0.717, 1.165) is 0 Å². The molecule has 6 heteroatoms. The van der Waals surface area contributed by atoms with Crippen molar-refractivity contribution in [1.82, 2.24) is 4.98 Å². The molecule has 0 saturated heterocycles. The average Bonchev–Trinajstić information content (AvgIpc) is 2.65. The summed E-state index contributed by atoms with van der Waals surface area (Å²) in [6.45, 7) is 0. The van der Waals surface area contributed by atoms with E-state index >= 15 is 0 Å². The zero-order chi connectivity index (χ0) is 17.6. The quantitative estimate of drug-likeness (QED) is 0.715. The maximum Gasteiger partial charge on any atom is 0.257 e. The number of hydrogen-bond acceptors (Lipinski definition) is 4. The van der Waals surface area contributed by atoms with E-state index in [1.165, 1.54) is 13.3 Å². The Hall–Kier alpha value is -3.05. The summed E-state index contributed by atoms with van der Waals surface area (Å²) in [5, 5.41) is 3.29. The standard InChI is InChI=1S/C19H15ClN2O3/c1-24-18-10-7-13(12-21-18)19(23)22-16-11-14(20)8-9-17(16)25-15-5-3-2-4-6-15/h2-12H,1H3,(H,22,23). The smallest absolute Gasteiger partial charge is 0.257 e. The summed E-state index contributed by atoms with van der Waals surface area (Å²) in [6, 6.07) is 17.6. The van der Waals surface area contributed by atoms with Crippen LogP contribution in [0.3, 0.4) is 0 Å². The van der Waals surface area contributed by atoms with Crippen molar-refractivity contribution in [2.75, 3.05) is 12.4 Å². The maximum absolute atomic E-state index is 12.4. The molecule has 0 atom stereocenters. The lowest BCUT2D eigenvalue weighted by atomic mass is 10.2. The van der Waals surface area contributed by atoms with Gasteiger partial charge in [0.05, 0.1) is 18.4 Å². The van der Waals surface area contributed by atoms with Gasteiger partial charge in [0, 0.05) is 17.3 Å². The molecule has 0 fully saturated rings. The first-order valence-electron chi connectivity index (χ1n) is 7.49. The normalized spacial score (nSPS) is 10.2. The van der Waals surface area contributed by atoms with Crippen molar-refractivity contribution in [3.8, 4) is 17.4 Å². The summed E-state index contributed by atoms with van der Waals surface area (Å²) >= 11 is 6.05. The molecule has 1 amide bonds. The molecular weight excluding hydrogens is 340 g/mol. The van der Waals surface area contributed by atoms with Gasteiger partial charge in [-0.3, -0.25) is 4.79 Å². The minimum atomic E-state index is -0.324. The molecule has 0 bridgehead atoms. The zero-order valence-electron chi connectivity index (χ0n) is 13.4. The Morgan fingerprint density at radius 1 is 1.08 bits per heavy atom. The third-order valence-electron chi connectivity index (χ3n) is 3.37. The predicted octanol–water partition coefficient (Wildman–Crippen LogP) is 4.79. The van der Waals surface area contributed by atoms with Crippen molar-refractivity contribution < 1.29 is 14.3 Å². The number of aromatic nitrogens is 1. The molecule has 2 aromatic carbocycles. The van der Waals surface area contributed by atoms with E-state index in [1.807, 2.05) is 30.3 Å². The first-order valence-corrected chi connectivity index (χ1v) is 7.87. The van der Waals surface area contributed by atoms with Gasteiger partial charge in [0.25, 0.3) is 5.91 Å². The van der Waals surface area contributed by atoms with E-state index in [0.29, 0.717) is 33.7 Å². The highest BCUT2D eigenvalue weighted by Crippen LogP contribution is 2.32. The van der Waals surface area contributed by atoms with Gasteiger partial charge in [0.2, 0.25) is 5.88 Å². The second kappa shape index (κ2) is 7.68. The number of pyridine rings is 1. The lowest BCUT2D eigenvalue weighted by molar-refractivity contribution is 0.102. The number of methoxy groups -OCH3 is 1. The van der Waals surface area contributed by atoms with Gasteiger partial charge in [-0.1, -0.05) is 29.8 Å². The summed E-state index contributed by atoms with van der Waals surface area (Å²) in [7, 11) is 1.52. The maximum atomic E-state index is 12.4. The topological polar surface area (TPSA) is 60.5 Å². The molecule has 1 N–H and O–H groups in total. The molecule has 3 aromatic rings. The highest BCUT2D eigenvalue weighted by Gasteiger charge is 2.12. The van der Waals surface area contributed by atoms with Gasteiger partial charge in [0.15, 0.2) is 5.75 Å². The minimum Gasteiger partial charge on any atom is -0.481 e. The molecule has 126 valence electrons. The minimum absolute atomic E-state index is 0.324. The Labute approximate surface area is 150 Å². The SMILES string of the molecule is COc1ccc(C(=O)Nc2cc(Cl)ccc2Oc2ccccc2)cn1. The molecule has 5 nitrogen and oxygen atoms in total. The molecule has 1 heterocycles. The Bertz CT molecular complexity index is 868. The number of carbonyl (C=O) groups excluding carboxylic acids is 1. The van der Waals surface area contributed by atoms with E-state index in [1.54, 1.807) is 30.3 Å². The van der Waals surface area contributed by atoms with Gasteiger partial charge in [-0.15, -0.1) is 0 Å². The molecule has 0 radical (unpaired) electrons. The number of hydrogen-bond donors (Lipinski definition) is 1. The van der Waals surface area contributed by atoms with Gasteiger partial charge in [-0.25, -0.2) is 4.98 Å². The van der Waals surface area contributed by atoms with Crippen LogP contribution in [0.15, 0.2) is 66.9 Å². The van der Waals surface area contributed by atoms with Crippen molar-refractivity contribution in [1.29, 1.82) is 0 Å². The van der Waals surface area contributed by atoms with E-state index in [-0.39, 0.29) is 5.91 Å². The van der Waals surface area contributed by atoms with Crippen LogP contribution in [0.5, 0.6) is 17.4 Å². The monoisotopic (exact) mass is 354 g/mol. The summed E-state index contributed by atoms with van der Waals surface area (Å²) in [4.78, 5) is 16.5. The second-order valence-corrected chi connectivity index (χ2v) is 5.54. The first-order chi connectivity index (χ1) is 12.2. The number of ether oxygens (including phenoxy) is 2. The number of nitrogens with zero attached hydrogens (tertiary/aromatic N) is 1. The fourth-order valence-electron chi connectivity index (χ4n) is 2.13. The first kappa shape index (κ1) is 16.8. The van der Waals surface area contributed by atoms with Crippen LogP contribution < -0.4 is 14.8 Å². The molecule has 0 aliphatic heterocycles. The van der Waals surface area contributed by atoms with Crippen molar-refractivity contribution in [2.24, 2.45) is 0 Å². The van der Waals surface area contributed by atoms with Crippen LogP contribution >= 0.6 is 11.6 Å². The number of halogens is 1. The molecule has 3 rings (SSSR count). The number of benzene rings is 2. The molecule has 0 saturated carbocycles. The van der Waals surface area contributed by atoms with Gasteiger partial charge in [-0.2, -0.15) is 0 Å². The van der Waals surface area contributed by atoms with Crippen LogP contribution in [0.25, 0.3) is 0 Å². The molecule has 0 aliphatic rings. The van der Waals surface area contributed by atoms with Crippen molar-refractivity contribution in [3.05, 3.63) is 77.4 Å². The van der Waals surface area contributed by atoms with Gasteiger partial charge < -0.3 is 14.8 Å². The van der Waals surface area contributed by atoms with Crippen LogP contribution in [-0.4, -0.2) is 18.0 Å². The molecular formula is C19H15ClN2O3. The number of nitrogens with one attached hydrogen (secondary N) is 1. The second-order valence-electron chi connectivity index (χ2n) is 5.10. The summed E-state index contributed by atoms with van der Waals surface area (Å²) < 4.78 is 10.8. The van der Waals surface area contributed by atoms with Crippen molar-refractivity contribution in [2.45, 2.75) is 0 Å². The predicted molar refractivity (Wildman–Crippen MR) is 96.7 cm³/mol. The highest BCUT2D eigenvalue weighted by molar-refractivity contribution is 6.31. The Kier molecular flexibility index (Phi) is 5.16. The number of rotatable bonds is 5. The van der Waals surface area contributed by atoms with E-state index < -0.39 is 0 Å². The van der Waals surface area contributed by atoms with Gasteiger partial charge in [-0.05, 0) is 36.4 Å². The lowest BCUT2D eigenvalue weighted by Gasteiger charge is -2.13. The van der Waals surface area contributed by atoms with Crippen LogP contribution in [0.4, 0.5) is 5.69 Å². The summed E-state index contributed by atoms with van der Waals surface area (Å²) in [5.41, 5.74) is 0.864. The molecule has 1 aromatic heterocycles. The molecule has 25 heavy (non-hydrogen) atoms. The third kappa shape index (κ3) is 4.28. The van der Waals surface area contributed by atoms with Crippen LogP contribution in [0.1, 0.15) is 10.4 Å². The van der Waals surface area contributed by atoms with E-state index in [9.17, 15) is 4.79 Å². The number of anilines is 1. The van der Waals surface area contributed by atoms with Crippen molar-refractivity contribution >= 4 is 23.2 Å². The van der Waals surface area contributed by atoms with Gasteiger partial charge in [0.1, 0.15) is 5.75 Å². The molecule has 0 aliphatic carbocycles. The highest BCUT2D eigenvalue weighted by atomic mass is 35.5. The van der Waals surface area contributed by atoms with E-state index in [4.69, 9.17) is 21.1 Å². The molecule has 0 spiro atoms. The fourth-order valence-corrected chi connectivity index (χ4v) is 2.31. The van der Waals surface area contributed by atoms with Crippen LogP contribution in [-0.2, 0) is 0 Å². The molecule has 0 unspecified atom stereocenters. The summed E-state index contributed by atoms with van der Waals surface area (Å²) in [5.74, 6) is 1.26.